The van der Waals surface area contributed by atoms with E-state index >= 15 is 0 Å². The molecule has 4 aliphatic rings. The molecule has 1 N–H and O–H groups in total. The lowest BCUT2D eigenvalue weighted by Gasteiger charge is -2.47. The highest BCUT2D eigenvalue weighted by molar-refractivity contribution is 6.33. The van der Waals surface area contributed by atoms with Crippen molar-refractivity contribution in [3.8, 4) is 0 Å². The van der Waals surface area contributed by atoms with Gasteiger partial charge in [0.05, 0.1) is 22.2 Å². The van der Waals surface area contributed by atoms with Gasteiger partial charge in [0.1, 0.15) is 0 Å². The van der Waals surface area contributed by atoms with Gasteiger partial charge in [-0.25, -0.2) is 0 Å². The number of anilines is 1. The van der Waals surface area contributed by atoms with Crippen LogP contribution in [0.15, 0.2) is 18.2 Å². The average molecular weight is 447 g/mol. The first-order chi connectivity index (χ1) is 15.0. The molecule has 0 radical (unpaired) electrons. The number of nitrogens with one attached hydrogen (secondary N) is 1. The van der Waals surface area contributed by atoms with E-state index < -0.39 is 4.92 Å². The number of nitro groups is 1. The molecule has 5 atom stereocenters. The summed E-state index contributed by atoms with van der Waals surface area (Å²) in [6.07, 6.45) is 8.60. The summed E-state index contributed by atoms with van der Waals surface area (Å²) in [6, 6.07) is 4.85. The monoisotopic (exact) mass is 446 g/mol. The number of nitro benzene ring substituents is 1. The highest BCUT2D eigenvalue weighted by atomic mass is 35.5. The number of carbonyl (C=O) groups is 1. The predicted octanol–water partition coefficient (Wildman–Crippen LogP) is 4.02. The van der Waals surface area contributed by atoms with Gasteiger partial charge in [0.25, 0.3) is 5.69 Å². The van der Waals surface area contributed by atoms with Crippen molar-refractivity contribution in [1.82, 2.24) is 9.80 Å². The fourth-order valence-electron chi connectivity index (χ4n) is 6.96. The van der Waals surface area contributed by atoms with E-state index in [-0.39, 0.29) is 18.1 Å². The van der Waals surface area contributed by atoms with Gasteiger partial charge in [0.2, 0.25) is 5.91 Å². The van der Waals surface area contributed by atoms with Crippen molar-refractivity contribution >= 4 is 28.9 Å². The molecule has 1 aromatic rings. The van der Waals surface area contributed by atoms with Gasteiger partial charge < -0.3 is 5.32 Å². The average Bonchev–Trinajstić information content (AvgIpc) is 2.97. The molecule has 1 aromatic carbocycles. The summed E-state index contributed by atoms with van der Waals surface area (Å²) in [5.74, 6) is 3.58. The SMILES string of the molecule is O=C(CN1CCN(C2C3CCCC4CC2CC4C3)CC1)Nc1cc([N+](=O)[O-])ccc1Cl. The van der Waals surface area contributed by atoms with Crippen LogP contribution in [0.25, 0.3) is 0 Å². The van der Waals surface area contributed by atoms with Crippen LogP contribution < -0.4 is 5.32 Å². The number of hydrogen-bond donors (Lipinski definition) is 1. The van der Waals surface area contributed by atoms with Crippen LogP contribution in [0.3, 0.4) is 0 Å². The van der Waals surface area contributed by atoms with Crippen molar-refractivity contribution in [3.05, 3.63) is 33.3 Å². The maximum absolute atomic E-state index is 12.5. The molecular weight excluding hydrogens is 416 g/mol. The van der Waals surface area contributed by atoms with E-state index in [1.54, 1.807) is 0 Å². The minimum atomic E-state index is -0.489. The molecule has 1 heterocycles. The van der Waals surface area contributed by atoms with E-state index in [4.69, 9.17) is 11.6 Å². The van der Waals surface area contributed by atoms with Gasteiger partial charge in [-0.3, -0.25) is 24.7 Å². The summed E-state index contributed by atoms with van der Waals surface area (Å²) in [5.41, 5.74) is 0.212. The third kappa shape index (κ3) is 4.32. The normalized spacial score (nSPS) is 33.3. The zero-order valence-electron chi connectivity index (χ0n) is 17.8. The smallest absolute Gasteiger partial charge is 0.271 e. The number of hydrogen-bond acceptors (Lipinski definition) is 5. The number of amides is 1. The van der Waals surface area contributed by atoms with Crippen molar-refractivity contribution in [1.29, 1.82) is 0 Å². The number of carbonyl (C=O) groups excluding carboxylic acids is 1. The lowest BCUT2D eigenvalue weighted by molar-refractivity contribution is -0.384. The summed E-state index contributed by atoms with van der Waals surface area (Å²) >= 11 is 6.11. The fourth-order valence-corrected chi connectivity index (χ4v) is 7.12. The highest BCUT2D eigenvalue weighted by Crippen LogP contribution is 2.54. The molecule has 3 aliphatic carbocycles. The van der Waals surface area contributed by atoms with E-state index in [2.05, 4.69) is 15.1 Å². The van der Waals surface area contributed by atoms with Gasteiger partial charge in [-0.2, -0.15) is 0 Å². The third-order valence-electron chi connectivity index (χ3n) is 8.23. The summed E-state index contributed by atoms with van der Waals surface area (Å²) in [7, 11) is 0. The molecule has 5 unspecified atom stereocenters. The Morgan fingerprint density at radius 1 is 1.06 bits per heavy atom. The van der Waals surface area contributed by atoms with Gasteiger partial charge in [-0.1, -0.05) is 24.4 Å². The molecular formula is C23H31ClN4O3. The van der Waals surface area contributed by atoms with Crippen LogP contribution in [0, 0.1) is 33.8 Å². The Hall–Kier alpha value is -1.70. The molecule has 0 aromatic heterocycles. The molecule has 0 spiro atoms. The fraction of sp³-hybridized carbons (Fsp3) is 0.696. The first-order valence-electron chi connectivity index (χ1n) is 11.7. The van der Waals surface area contributed by atoms with Gasteiger partial charge in [0, 0.05) is 44.4 Å². The summed E-state index contributed by atoms with van der Waals surface area (Å²) < 4.78 is 0. The largest absolute Gasteiger partial charge is 0.323 e. The molecule has 7 nitrogen and oxygen atoms in total. The van der Waals surface area contributed by atoms with Crippen LogP contribution in [0.2, 0.25) is 5.02 Å². The Morgan fingerprint density at radius 3 is 2.55 bits per heavy atom. The first-order valence-corrected chi connectivity index (χ1v) is 12.1. The van der Waals surface area contributed by atoms with E-state index in [1.165, 1.54) is 56.7 Å². The molecule has 3 saturated carbocycles. The summed E-state index contributed by atoms with van der Waals surface area (Å²) in [5, 5.41) is 14.0. The number of non-ortho nitro benzene ring substituents is 1. The second-order valence-electron chi connectivity index (χ2n) is 9.95. The van der Waals surface area contributed by atoms with E-state index in [1.807, 2.05) is 0 Å². The lowest BCUT2D eigenvalue weighted by atomic mass is 9.74. The maximum Gasteiger partial charge on any atom is 0.271 e. The zero-order valence-corrected chi connectivity index (χ0v) is 18.6. The van der Waals surface area contributed by atoms with Gasteiger partial charge in [-0.15, -0.1) is 0 Å². The van der Waals surface area contributed by atoms with Crippen molar-refractivity contribution in [2.75, 3.05) is 38.0 Å². The molecule has 168 valence electrons. The maximum atomic E-state index is 12.5. The van der Waals surface area contributed by atoms with Crippen LogP contribution in [0.4, 0.5) is 11.4 Å². The molecule has 1 saturated heterocycles. The second kappa shape index (κ2) is 8.68. The van der Waals surface area contributed by atoms with Crippen molar-refractivity contribution in [2.45, 2.75) is 44.6 Å². The van der Waals surface area contributed by atoms with Crippen LogP contribution in [-0.4, -0.2) is 59.4 Å². The molecule has 4 fully saturated rings. The number of nitrogens with zero attached hydrogens (tertiary/aromatic N) is 3. The van der Waals surface area contributed by atoms with Crippen molar-refractivity contribution in [3.63, 3.8) is 0 Å². The first kappa shape index (κ1) is 21.2. The molecule has 5 rings (SSSR count). The van der Waals surface area contributed by atoms with E-state index in [0.29, 0.717) is 10.7 Å². The zero-order chi connectivity index (χ0) is 21.5. The topological polar surface area (TPSA) is 78.7 Å². The standard InChI is InChI=1S/C23H31ClN4O3/c24-20-5-4-19(28(30)31)13-21(20)25-22(29)14-26-6-8-27(9-7-26)23-16-3-1-2-15-10-18(23)12-17(15)11-16/h4-5,13,15-18,23H,1-3,6-12,14H2,(H,25,29). The predicted molar refractivity (Wildman–Crippen MR) is 120 cm³/mol. The van der Waals surface area contributed by atoms with E-state index in [9.17, 15) is 14.9 Å². The number of benzene rings is 1. The van der Waals surface area contributed by atoms with Crippen LogP contribution in [0.1, 0.15) is 38.5 Å². The Morgan fingerprint density at radius 2 is 1.77 bits per heavy atom. The molecule has 3 bridgehead atoms. The molecule has 8 heteroatoms. The summed E-state index contributed by atoms with van der Waals surface area (Å²) in [4.78, 5) is 27.9. The number of piperazine rings is 1. The van der Waals surface area contributed by atoms with Gasteiger partial charge in [-0.05, 0) is 55.4 Å². The van der Waals surface area contributed by atoms with Crippen LogP contribution in [0.5, 0.6) is 0 Å². The van der Waals surface area contributed by atoms with Gasteiger partial charge >= 0.3 is 0 Å². The van der Waals surface area contributed by atoms with E-state index in [0.717, 1.165) is 55.9 Å². The minimum Gasteiger partial charge on any atom is -0.323 e. The lowest BCUT2D eigenvalue weighted by Crippen LogP contribution is -2.56. The minimum absolute atomic E-state index is 0.0834. The highest BCUT2D eigenvalue weighted by Gasteiger charge is 2.49. The van der Waals surface area contributed by atoms with Crippen LogP contribution in [-0.2, 0) is 4.79 Å². The molecule has 1 aliphatic heterocycles. The Labute approximate surface area is 188 Å². The Balaban J connectivity index is 1.15. The van der Waals surface area contributed by atoms with Crippen molar-refractivity contribution in [2.24, 2.45) is 23.7 Å². The molecule has 31 heavy (non-hydrogen) atoms. The number of halogens is 1. The summed E-state index contributed by atoms with van der Waals surface area (Å²) in [6.45, 7) is 4.11. The Kier molecular flexibility index (Phi) is 5.92. The van der Waals surface area contributed by atoms with Gasteiger partial charge in [0.15, 0.2) is 0 Å². The molecule has 1 amide bonds. The number of rotatable bonds is 5. The van der Waals surface area contributed by atoms with Crippen LogP contribution >= 0.6 is 11.6 Å². The third-order valence-corrected chi connectivity index (χ3v) is 8.56. The van der Waals surface area contributed by atoms with Crippen molar-refractivity contribution < 1.29 is 9.72 Å². The Bertz CT molecular complexity index is 857. The quantitative estimate of drug-likeness (QED) is 0.546. The number of fused-ring (bicyclic) bond motifs is 2. The second-order valence-corrected chi connectivity index (χ2v) is 10.4.